The van der Waals surface area contributed by atoms with E-state index >= 15 is 0 Å². The number of aryl methyl sites for hydroxylation is 1. The van der Waals surface area contributed by atoms with Gasteiger partial charge in [-0.15, -0.1) is 0 Å². The lowest BCUT2D eigenvalue weighted by molar-refractivity contribution is -0.138. The summed E-state index contributed by atoms with van der Waals surface area (Å²) in [5, 5.41) is 8.16. The highest BCUT2D eigenvalue weighted by atomic mass is 35.5. The molecule has 0 radical (unpaired) electrons. The minimum atomic E-state index is -4.50. The summed E-state index contributed by atoms with van der Waals surface area (Å²) in [5.41, 5.74) is -1.67. The molecule has 138 valence electrons. The molecule has 1 N–H and O–H groups in total. The van der Waals surface area contributed by atoms with Gasteiger partial charge in [-0.25, -0.2) is 24.6 Å². The number of alkyl halides is 3. The van der Waals surface area contributed by atoms with E-state index in [1.807, 2.05) is 13.8 Å². The van der Waals surface area contributed by atoms with Gasteiger partial charge in [-0.3, -0.25) is 0 Å². The molecular weight excluding hydrogens is 391 g/mol. The van der Waals surface area contributed by atoms with Gasteiger partial charge in [-0.1, -0.05) is 22.9 Å². The second kappa shape index (κ2) is 6.47. The lowest BCUT2D eigenvalue weighted by atomic mass is 10.1. The van der Waals surface area contributed by atoms with Crippen LogP contribution in [0.3, 0.4) is 0 Å². The predicted molar refractivity (Wildman–Crippen MR) is 90.6 cm³/mol. The number of thiazole rings is 1. The van der Waals surface area contributed by atoms with Crippen LogP contribution in [-0.2, 0) is 11.7 Å². The van der Waals surface area contributed by atoms with Crippen molar-refractivity contribution in [1.82, 2.24) is 29.7 Å². The van der Waals surface area contributed by atoms with Gasteiger partial charge in [-0.05, 0) is 20.8 Å². The second-order valence-electron chi connectivity index (χ2n) is 5.85. The van der Waals surface area contributed by atoms with E-state index in [4.69, 9.17) is 11.6 Å². The molecule has 0 spiro atoms. The number of nitrogens with one attached hydrogen (secondary N) is 1. The molecule has 0 aliphatic carbocycles. The normalized spacial score (nSPS) is 12.4. The monoisotopic (exact) mass is 403 g/mol. The van der Waals surface area contributed by atoms with Crippen LogP contribution in [0.25, 0.3) is 0 Å². The fraction of sp³-hybridized carbons (Fsp3) is 0.357. The maximum Gasteiger partial charge on any atom is 0.419 e. The largest absolute Gasteiger partial charge is 0.419 e. The molecule has 0 saturated heterocycles. The van der Waals surface area contributed by atoms with Gasteiger partial charge in [-0.2, -0.15) is 18.3 Å². The Hall–Kier alpha value is -2.27. The topological polar surface area (TPSA) is 81.4 Å². The van der Waals surface area contributed by atoms with E-state index in [-0.39, 0.29) is 16.8 Å². The zero-order valence-electron chi connectivity index (χ0n) is 13.8. The summed E-state index contributed by atoms with van der Waals surface area (Å²) in [6.45, 7) is 5.04. The van der Waals surface area contributed by atoms with Crippen LogP contribution in [-0.4, -0.2) is 29.7 Å². The number of aromatic nitrogens is 6. The van der Waals surface area contributed by atoms with Crippen LogP contribution >= 0.6 is 22.9 Å². The highest BCUT2D eigenvalue weighted by molar-refractivity contribution is 7.16. The summed E-state index contributed by atoms with van der Waals surface area (Å²) in [6, 6.07) is 0. The third-order valence-corrected chi connectivity index (χ3v) is 5.28. The van der Waals surface area contributed by atoms with Gasteiger partial charge in [0.2, 0.25) is 5.95 Å². The zero-order valence-corrected chi connectivity index (χ0v) is 15.4. The van der Waals surface area contributed by atoms with Crippen molar-refractivity contribution < 1.29 is 13.2 Å². The molecule has 12 heteroatoms. The van der Waals surface area contributed by atoms with Crippen LogP contribution in [0.5, 0.6) is 0 Å². The molecule has 0 unspecified atom stereocenters. The standard InChI is InChI=1S/C14H13ClF3N7S/c1-7-8(14(16,17)18)4-20-12(22-7)24-10-9(15)23-11(26-10)13(2,3)25-6-19-5-21-25/h4-6H,1-3H3,(H,20,22,24). The first-order valence-electron chi connectivity index (χ1n) is 7.29. The van der Waals surface area contributed by atoms with Gasteiger partial charge in [0.25, 0.3) is 0 Å². The molecule has 0 aliphatic heterocycles. The first-order valence-corrected chi connectivity index (χ1v) is 8.48. The van der Waals surface area contributed by atoms with Crippen LogP contribution in [0.15, 0.2) is 18.9 Å². The lowest BCUT2D eigenvalue weighted by Gasteiger charge is -2.21. The molecule has 26 heavy (non-hydrogen) atoms. The third-order valence-electron chi connectivity index (χ3n) is 3.61. The maximum absolute atomic E-state index is 12.8. The highest BCUT2D eigenvalue weighted by Gasteiger charge is 2.34. The first-order chi connectivity index (χ1) is 12.1. The number of nitrogens with zero attached hydrogens (tertiary/aromatic N) is 6. The fourth-order valence-electron chi connectivity index (χ4n) is 2.14. The van der Waals surface area contributed by atoms with Crippen LogP contribution in [0, 0.1) is 6.92 Å². The van der Waals surface area contributed by atoms with Crippen LogP contribution in [0.1, 0.15) is 30.1 Å². The summed E-state index contributed by atoms with van der Waals surface area (Å²) in [5.74, 6) is 0.00571. The molecule has 0 saturated carbocycles. The molecule has 7 nitrogen and oxygen atoms in total. The second-order valence-corrected chi connectivity index (χ2v) is 7.21. The Kier molecular flexibility index (Phi) is 4.61. The maximum atomic E-state index is 12.8. The Morgan fingerprint density at radius 1 is 1.23 bits per heavy atom. The van der Waals surface area contributed by atoms with Crippen molar-refractivity contribution in [1.29, 1.82) is 0 Å². The summed E-state index contributed by atoms with van der Waals surface area (Å²) in [7, 11) is 0. The van der Waals surface area contributed by atoms with Crippen LogP contribution in [0.2, 0.25) is 5.15 Å². The van der Waals surface area contributed by atoms with Crippen molar-refractivity contribution in [2.45, 2.75) is 32.5 Å². The molecular formula is C14H13ClF3N7S. The Bertz CT molecular complexity index is 921. The van der Waals surface area contributed by atoms with Crippen molar-refractivity contribution in [3.8, 4) is 0 Å². The molecule has 0 aromatic carbocycles. The molecule has 3 heterocycles. The van der Waals surface area contributed by atoms with E-state index in [0.29, 0.717) is 10.0 Å². The van der Waals surface area contributed by atoms with E-state index < -0.39 is 17.3 Å². The van der Waals surface area contributed by atoms with E-state index in [1.165, 1.54) is 24.6 Å². The Morgan fingerprint density at radius 3 is 2.54 bits per heavy atom. The predicted octanol–water partition coefficient (Wildman–Crippen LogP) is 4.03. The molecule has 3 rings (SSSR count). The van der Waals surface area contributed by atoms with Crippen molar-refractivity contribution in [3.05, 3.63) is 40.3 Å². The summed E-state index contributed by atoms with van der Waals surface area (Å²) < 4.78 is 40.0. The van der Waals surface area contributed by atoms with Crippen LogP contribution < -0.4 is 5.32 Å². The Labute approximate surface area is 155 Å². The average Bonchev–Trinajstić information content (AvgIpc) is 3.17. The van der Waals surface area contributed by atoms with Gasteiger partial charge in [0.1, 0.15) is 28.2 Å². The number of hydrogen-bond acceptors (Lipinski definition) is 7. The van der Waals surface area contributed by atoms with Crippen molar-refractivity contribution in [3.63, 3.8) is 0 Å². The SMILES string of the molecule is Cc1nc(Nc2sc(C(C)(C)n3cncn3)nc2Cl)ncc1C(F)(F)F. The van der Waals surface area contributed by atoms with Gasteiger partial charge in [0.15, 0.2) is 5.15 Å². The van der Waals surface area contributed by atoms with Crippen molar-refractivity contribution >= 4 is 33.9 Å². The van der Waals surface area contributed by atoms with Gasteiger partial charge in [0, 0.05) is 6.20 Å². The fourth-order valence-corrected chi connectivity index (χ4v) is 3.39. The molecule has 3 aromatic heterocycles. The highest BCUT2D eigenvalue weighted by Crippen LogP contribution is 2.37. The molecule has 0 fully saturated rings. The van der Waals surface area contributed by atoms with Gasteiger partial charge in [0.05, 0.1) is 11.3 Å². The molecule has 0 atom stereocenters. The average molecular weight is 404 g/mol. The molecule has 0 aliphatic rings. The number of anilines is 2. The number of halogens is 4. The molecule has 3 aromatic rings. The summed E-state index contributed by atoms with van der Waals surface area (Å²) in [6.07, 6.45) is -0.792. The van der Waals surface area contributed by atoms with E-state index in [2.05, 4.69) is 30.4 Å². The Morgan fingerprint density at radius 2 is 1.96 bits per heavy atom. The van der Waals surface area contributed by atoms with Gasteiger partial charge < -0.3 is 5.32 Å². The smallest absolute Gasteiger partial charge is 0.313 e. The van der Waals surface area contributed by atoms with Gasteiger partial charge >= 0.3 is 6.18 Å². The van der Waals surface area contributed by atoms with Crippen molar-refractivity contribution in [2.24, 2.45) is 0 Å². The van der Waals surface area contributed by atoms with E-state index in [1.54, 1.807) is 11.0 Å². The number of hydrogen-bond donors (Lipinski definition) is 1. The lowest BCUT2D eigenvalue weighted by Crippen LogP contribution is -2.27. The zero-order chi connectivity index (χ0) is 19.1. The summed E-state index contributed by atoms with van der Waals surface area (Å²) >= 11 is 7.39. The van der Waals surface area contributed by atoms with E-state index in [9.17, 15) is 13.2 Å². The van der Waals surface area contributed by atoms with Crippen molar-refractivity contribution in [2.75, 3.05) is 5.32 Å². The first kappa shape index (κ1) is 18.5. The minimum Gasteiger partial charge on any atom is -0.313 e. The quantitative estimate of drug-likeness (QED) is 0.708. The molecule has 0 amide bonds. The summed E-state index contributed by atoms with van der Waals surface area (Å²) in [4.78, 5) is 15.8. The van der Waals surface area contributed by atoms with E-state index in [0.717, 1.165) is 6.20 Å². The number of rotatable bonds is 4. The minimum absolute atomic E-state index is 0.00571. The molecule has 0 bridgehead atoms. The van der Waals surface area contributed by atoms with Crippen LogP contribution in [0.4, 0.5) is 24.1 Å². The Balaban J connectivity index is 1.88. The third kappa shape index (κ3) is 3.49.